The van der Waals surface area contributed by atoms with Crippen molar-refractivity contribution in [3.63, 3.8) is 0 Å². The zero-order chi connectivity index (χ0) is 25.2. The highest BCUT2D eigenvalue weighted by Gasteiger charge is 2.39. The van der Waals surface area contributed by atoms with Crippen molar-refractivity contribution in [3.8, 4) is 11.1 Å². The van der Waals surface area contributed by atoms with Crippen molar-refractivity contribution in [2.45, 2.75) is 51.5 Å². The Kier molecular flexibility index (Phi) is 7.15. The summed E-state index contributed by atoms with van der Waals surface area (Å²) in [5.41, 5.74) is 4.07. The zero-order valence-corrected chi connectivity index (χ0v) is 20.6. The van der Waals surface area contributed by atoms with E-state index in [0.29, 0.717) is 13.0 Å². The molecule has 2 aliphatic carbocycles. The largest absolute Gasteiger partial charge is 0.480 e. The van der Waals surface area contributed by atoms with Crippen LogP contribution >= 0.6 is 0 Å². The first-order valence-corrected chi connectivity index (χ1v) is 12.3. The van der Waals surface area contributed by atoms with E-state index in [4.69, 9.17) is 4.74 Å². The van der Waals surface area contributed by atoms with Gasteiger partial charge in [0.05, 0.1) is 0 Å². The summed E-state index contributed by atoms with van der Waals surface area (Å²) >= 11 is 0. The molecule has 4 rings (SSSR count). The van der Waals surface area contributed by atoms with Crippen molar-refractivity contribution >= 4 is 18.0 Å². The van der Waals surface area contributed by atoms with Gasteiger partial charge in [-0.2, -0.15) is 0 Å². The number of ether oxygens (including phenoxy) is 1. The Balaban J connectivity index is 1.35. The van der Waals surface area contributed by atoms with Crippen molar-refractivity contribution < 1.29 is 24.2 Å². The maximum absolute atomic E-state index is 13.2. The van der Waals surface area contributed by atoms with Crippen LogP contribution in [0.4, 0.5) is 4.79 Å². The summed E-state index contributed by atoms with van der Waals surface area (Å²) in [4.78, 5) is 38.6. The number of alkyl carbamates (subject to hydrolysis) is 1. The van der Waals surface area contributed by atoms with Gasteiger partial charge in [0.1, 0.15) is 13.2 Å². The summed E-state index contributed by atoms with van der Waals surface area (Å²) in [6.45, 7) is 5.76. The number of nitrogens with one attached hydrogen (secondary N) is 1. The van der Waals surface area contributed by atoms with Crippen LogP contribution in [-0.4, -0.2) is 53.2 Å². The average molecular weight is 479 g/mol. The summed E-state index contributed by atoms with van der Waals surface area (Å²) in [5.74, 6) is -1.54. The predicted molar refractivity (Wildman–Crippen MR) is 133 cm³/mol. The molecule has 7 heteroatoms. The molecule has 0 heterocycles. The van der Waals surface area contributed by atoms with Gasteiger partial charge in [0.15, 0.2) is 0 Å². The van der Waals surface area contributed by atoms with E-state index < -0.39 is 17.6 Å². The van der Waals surface area contributed by atoms with Crippen LogP contribution < -0.4 is 5.32 Å². The van der Waals surface area contributed by atoms with E-state index in [9.17, 15) is 19.5 Å². The Hall–Kier alpha value is -3.35. The molecular weight excluding hydrogens is 444 g/mol. The smallest absolute Gasteiger partial charge is 0.407 e. The van der Waals surface area contributed by atoms with Crippen LogP contribution in [0.15, 0.2) is 48.5 Å². The molecule has 2 aromatic carbocycles. The van der Waals surface area contributed by atoms with Gasteiger partial charge in [0, 0.05) is 23.9 Å². The average Bonchev–Trinajstić information content (AvgIpc) is 3.41. The van der Waals surface area contributed by atoms with Crippen molar-refractivity contribution in [2.24, 2.45) is 11.8 Å². The fourth-order valence-corrected chi connectivity index (χ4v) is 5.45. The fourth-order valence-electron chi connectivity index (χ4n) is 5.45. The number of carboxylic acids is 1. The summed E-state index contributed by atoms with van der Waals surface area (Å²) < 4.78 is 5.63. The van der Waals surface area contributed by atoms with Gasteiger partial charge in [0.25, 0.3) is 0 Å². The molecule has 0 saturated heterocycles. The molecular formula is C28H34N2O5. The lowest BCUT2D eigenvalue weighted by Gasteiger charge is -2.37. The molecule has 0 aromatic heterocycles. The van der Waals surface area contributed by atoms with E-state index in [1.165, 1.54) is 16.0 Å². The second kappa shape index (κ2) is 10.1. The van der Waals surface area contributed by atoms with Crippen LogP contribution in [0.25, 0.3) is 11.1 Å². The van der Waals surface area contributed by atoms with Gasteiger partial charge in [-0.1, -0.05) is 55.0 Å². The molecule has 0 bridgehead atoms. The predicted octanol–water partition coefficient (Wildman–Crippen LogP) is 4.65. The number of fused-ring (bicyclic) bond motifs is 3. The first-order valence-electron chi connectivity index (χ1n) is 12.3. The van der Waals surface area contributed by atoms with Gasteiger partial charge in [0.2, 0.25) is 5.91 Å². The highest BCUT2D eigenvalue weighted by molar-refractivity contribution is 5.84. The lowest BCUT2D eigenvalue weighted by molar-refractivity contribution is -0.151. The Morgan fingerprint density at radius 3 is 2.17 bits per heavy atom. The molecule has 35 heavy (non-hydrogen) atoms. The zero-order valence-electron chi connectivity index (χ0n) is 20.6. The topological polar surface area (TPSA) is 95.9 Å². The monoisotopic (exact) mass is 478 g/mol. The minimum atomic E-state index is -1.03. The maximum atomic E-state index is 13.2. The third kappa shape index (κ3) is 5.34. The second-order valence-corrected chi connectivity index (χ2v) is 10.5. The van der Waals surface area contributed by atoms with E-state index in [-0.39, 0.29) is 36.8 Å². The minimum Gasteiger partial charge on any atom is -0.480 e. The molecule has 2 amide bonds. The molecule has 7 nitrogen and oxygen atoms in total. The number of carbonyl (C=O) groups is 3. The van der Waals surface area contributed by atoms with Crippen LogP contribution in [0.2, 0.25) is 0 Å². The molecule has 2 aliphatic rings. The lowest BCUT2D eigenvalue weighted by Crippen LogP contribution is -2.51. The van der Waals surface area contributed by atoms with E-state index in [1.807, 2.05) is 45.0 Å². The van der Waals surface area contributed by atoms with Crippen molar-refractivity contribution in [3.05, 3.63) is 59.7 Å². The number of hydrogen-bond donors (Lipinski definition) is 2. The van der Waals surface area contributed by atoms with Gasteiger partial charge < -0.3 is 20.1 Å². The number of hydrogen-bond acceptors (Lipinski definition) is 4. The summed E-state index contributed by atoms with van der Waals surface area (Å²) in [7, 11) is 0. The molecule has 2 aromatic rings. The van der Waals surface area contributed by atoms with E-state index in [2.05, 4.69) is 29.6 Å². The minimum absolute atomic E-state index is 0.00896. The Morgan fingerprint density at radius 2 is 1.60 bits per heavy atom. The standard InChI is InChI=1S/C28H34N2O5/c1-28(2,3)30(16-25(31)32)26(33)19-14-8-9-18(19)15-29-27(34)35-17-24-22-12-6-4-10-20(22)21-11-5-7-13-23(21)24/h4-7,10-13,18-19,24H,8-9,14-17H2,1-3H3,(H,29,34)(H,31,32). The number of carbonyl (C=O) groups excluding carboxylic acids is 2. The third-order valence-corrected chi connectivity index (χ3v) is 7.20. The number of nitrogens with zero attached hydrogens (tertiary/aromatic N) is 1. The number of benzene rings is 2. The highest BCUT2D eigenvalue weighted by atomic mass is 16.5. The van der Waals surface area contributed by atoms with Crippen molar-refractivity contribution in [1.29, 1.82) is 0 Å². The number of rotatable bonds is 7. The second-order valence-electron chi connectivity index (χ2n) is 10.5. The number of amides is 2. The Bertz CT molecular complexity index is 1060. The first kappa shape index (κ1) is 24.8. The molecule has 1 fully saturated rings. The molecule has 0 radical (unpaired) electrons. The molecule has 0 spiro atoms. The van der Waals surface area contributed by atoms with Crippen LogP contribution in [0.5, 0.6) is 0 Å². The summed E-state index contributed by atoms with van der Waals surface area (Å²) in [6, 6.07) is 16.4. The SMILES string of the molecule is CC(C)(C)N(CC(=O)O)C(=O)C1CCCC1CNC(=O)OCC1c2ccccc2-c2ccccc21. The molecule has 0 aliphatic heterocycles. The highest BCUT2D eigenvalue weighted by Crippen LogP contribution is 2.44. The van der Waals surface area contributed by atoms with Crippen LogP contribution in [0.1, 0.15) is 57.1 Å². The van der Waals surface area contributed by atoms with Crippen LogP contribution in [-0.2, 0) is 14.3 Å². The molecule has 2 N–H and O–H groups in total. The summed E-state index contributed by atoms with van der Waals surface area (Å²) in [6.07, 6.45) is 1.88. The molecule has 2 unspecified atom stereocenters. The van der Waals surface area contributed by atoms with Crippen LogP contribution in [0.3, 0.4) is 0 Å². The van der Waals surface area contributed by atoms with E-state index in [0.717, 1.165) is 24.0 Å². The molecule has 186 valence electrons. The van der Waals surface area contributed by atoms with E-state index >= 15 is 0 Å². The molecule has 1 saturated carbocycles. The van der Waals surface area contributed by atoms with Gasteiger partial charge in [-0.05, 0) is 61.8 Å². The van der Waals surface area contributed by atoms with Gasteiger partial charge >= 0.3 is 12.1 Å². The van der Waals surface area contributed by atoms with Gasteiger partial charge in [-0.25, -0.2) is 4.79 Å². The van der Waals surface area contributed by atoms with Crippen LogP contribution in [0, 0.1) is 11.8 Å². The lowest BCUT2D eigenvalue weighted by atomic mass is 9.92. The number of aliphatic carboxylic acids is 1. The third-order valence-electron chi connectivity index (χ3n) is 7.20. The van der Waals surface area contributed by atoms with Gasteiger partial charge in [-0.15, -0.1) is 0 Å². The summed E-state index contributed by atoms with van der Waals surface area (Å²) in [5, 5.41) is 12.1. The van der Waals surface area contributed by atoms with Gasteiger partial charge in [-0.3, -0.25) is 9.59 Å². The Morgan fingerprint density at radius 1 is 1.00 bits per heavy atom. The fraction of sp³-hybridized carbons (Fsp3) is 0.464. The Labute approximate surface area is 206 Å². The number of carboxylic acid groups (broad SMARTS) is 1. The maximum Gasteiger partial charge on any atom is 0.407 e. The normalized spacial score (nSPS) is 19.1. The van der Waals surface area contributed by atoms with Crippen molar-refractivity contribution in [1.82, 2.24) is 10.2 Å². The quantitative estimate of drug-likeness (QED) is 0.604. The first-order chi connectivity index (χ1) is 16.7. The van der Waals surface area contributed by atoms with Crippen molar-refractivity contribution in [2.75, 3.05) is 19.7 Å². The molecule has 2 atom stereocenters. The van der Waals surface area contributed by atoms with E-state index in [1.54, 1.807) is 0 Å².